The molecule has 0 radical (unpaired) electrons. The van der Waals surface area contributed by atoms with Gasteiger partial charge in [-0.1, -0.05) is 0 Å². The monoisotopic (exact) mass is 164 g/mol. The van der Waals surface area contributed by atoms with Crippen LogP contribution in [-0.2, 0) is 4.74 Å². The molecule has 0 aliphatic heterocycles. The van der Waals surface area contributed by atoms with Crippen molar-refractivity contribution in [1.29, 1.82) is 0 Å². The molecule has 0 bridgehead atoms. The molecule has 0 unspecified atom stereocenters. The molecule has 0 aliphatic rings. The van der Waals surface area contributed by atoms with Crippen LogP contribution in [0.1, 0.15) is 10.5 Å². The summed E-state index contributed by atoms with van der Waals surface area (Å²) in [5.74, 6) is -0.348. The number of rotatable bonds is 1. The van der Waals surface area contributed by atoms with Gasteiger partial charge in [-0.25, -0.2) is 4.79 Å². The molecule has 0 aromatic carbocycles. The maximum absolute atomic E-state index is 11.0. The van der Waals surface area contributed by atoms with Crippen molar-refractivity contribution in [3.63, 3.8) is 0 Å². The molecule has 2 aromatic heterocycles. The Morgan fingerprint density at radius 2 is 2.33 bits per heavy atom. The van der Waals surface area contributed by atoms with Gasteiger partial charge in [0.2, 0.25) is 0 Å². The van der Waals surface area contributed by atoms with Crippen LogP contribution >= 0.6 is 0 Å². The summed E-state index contributed by atoms with van der Waals surface area (Å²) in [6.45, 7) is 0. The lowest BCUT2D eigenvalue weighted by Gasteiger charge is -1.91. The number of carbonyl (C=O) groups excluding carboxylic acids is 1. The lowest BCUT2D eigenvalue weighted by atomic mass is 10.4. The zero-order valence-corrected chi connectivity index (χ0v) is 6.55. The van der Waals surface area contributed by atoms with E-state index in [4.69, 9.17) is 0 Å². The fraction of sp³-hybridized carbons (Fsp3) is 0.125. The third kappa shape index (κ3) is 0.887. The molecule has 12 heavy (non-hydrogen) atoms. The van der Waals surface area contributed by atoms with Gasteiger partial charge in [0.15, 0.2) is 0 Å². The van der Waals surface area contributed by atoms with Crippen LogP contribution < -0.4 is 0 Å². The van der Waals surface area contributed by atoms with Crippen molar-refractivity contribution in [3.8, 4) is 0 Å². The SMILES string of the molecule is COC(=O)c1cc2[nH]ccc2[nH]1. The normalized spacial score (nSPS) is 10.4. The number of carbonyl (C=O) groups is 1. The number of methoxy groups -OCH3 is 1. The summed E-state index contributed by atoms with van der Waals surface area (Å²) < 4.78 is 4.55. The molecule has 0 atom stereocenters. The van der Waals surface area contributed by atoms with Gasteiger partial charge in [0.05, 0.1) is 18.1 Å². The van der Waals surface area contributed by atoms with Gasteiger partial charge >= 0.3 is 5.97 Å². The molecule has 0 saturated carbocycles. The van der Waals surface area contributed by atoms with Gasteiger partial charge in [-0.2, -0.15) is 0 Å². The zero-order chi connectivity index (χ0) is 8.55. The molecule has 4 nitrogen and oxygen atoms in total. The minimum absolute atomic E-state index is 0.348. The summed E-state index contributed by atoms with van der Waals surface area (Å²) in [5, 5.41) is 0. The molecule has 0 spiro atoms. The van der Waals surface area contributed by atoms with Crippen molar-refractivity contribution >= 4 is 17.0 Å². The number of H-pyrrole nitrogens is 2. The first kappa shape index (κ1) is 6.97. The fourth-order valence-electron chi connectivity index (χ4n) is 1.16. The second-order valence-electron chi connectivity index (χ2n) is 2.48. The van der Waals surface area contributed by atoms with Crippen molar-refractivity contribution in [2.75, 3.05) is 7.11 Å². The highest BCUT2D eigenvalue weighted by Crippen LogP contribution is 2.13. The molecule has 2 rings (SSSR count). The molecule has 4 heteroatoms. The number of hydrogen-bond acceptors (Lipinski definition) is 2. The number of ether oxygens (including phenoxy) is 1. The van der Waals surface area contributed by atoms with E-state index >= 15 is 0 Å². The van der Waals surface area contributed by atoms with Crippen LogP contribution in [0.15, 0.2) is 18.3 Å². The second kappa shape index (κ2) is 2.41. The van der Waals surface area contributed by atoms with E-state index in [1.165, 1.54) is 7.11 Å². The van der Waals surface area contributed by atoms with E-state index in [1.54, 1.807) is 6.07 Å². The van der Waals surface area contributed by atoms with E-state index in [-0.39, 0.29) is 5.97 Å². The highest BCUT2D eigenvalue weighted by molar-refractivity contribution is 5.93. The summed E-state index contributed by atoms with van der Waals surface area (Å²) in [6, 6.07) is 3.59. The number of nitrogens with one attached hydrogen (secondary N) is 2. The summed E-state index contributed by atoms with van der Waals surface area (Å²) >= 11 is 0. The summed E-state index contributed by atoms with van der Waals surface area (Å²) in [7, 11) is 1.36. The average molecular weight is 164 g/mol. The lowest BCUT2D eigenvalue weighted by molar-refractivity contribution is 0.0595. The molecule has 0 aliphatic carbocycles. The average Bonchev–Trinajstić information content (AvgIpc) is 2.60. The number of aromatic nitrogens is 2. The molecule has 62 valence electrons. The highest BCUT2D eigenvalue weighted by atomic mass is 16.5. The van der Waals surface area contributed by atoms with Crippen LogP contribution in [0.5, 0.6) is 0 Å². The molecular formula is C8H8N2O2. The molecule has 0 saturated heterocycles. The van der Waals surface area contributed by atoms with Gasteiger partial charge < -0.3 is 14.7 Å². The highest BCUT2D eigenvalue weighted by Gasteiger charge is 2.08. The van der Waals surface area contributed by atoms with E-state index in [1.807, 2.05) is 12.3 Å². The minimum Gasteiger partial charge on any atom is -0.464 e. The third-order valence-electron chi connectivity index (χ3n) is 1.74. The van der Waals surface area contributed by atoms with Crippen LogP contribution in [0, 0.1) is 0 Å². The van der Waals surface area contributed by atoms with E-state index in [9.17, 15) is 4.79 Å². The van der Waals surface area contributed by atoms with Gasteiger partial charge in [-0.3, -0.25) is 0 Å². The smallest absolute Gasteiger partial charge is 0.354 e. The van der Waals surface area contributed by atoms with Gasteiger partial charge in [0.1, 0.15) is 5.69 Å². The van der Waals surface area contributed by atoms with Crippen molar-refractivity contribution in [2.24, 2.45) is 0 Å². The lowest BCUT2D eigenvalue weighted by Crippen LogP contribution is -2.00. The quantitative estimate of drug-likeness (QED) is 0.624. The Balaban J connectivity index is 2.51. The maximum Gasteiger partial charge on any atom is 0.354 e. The van der Waals surface area contributed by atoms with Crippen molar-refractivity contribution in [3.05, 3.63) is 24.0 Å². The molecule has 2 N–H and O–H groups in total. The van der Waals surface area contributed by atoms with Gasteiger partial charge in [0.25, 0.3) is 0 Å². The van der Waals surface area contributed by atoms with Crippen LogP contribution in [0.2, 0.25) is 0 Å². The zero-order valence-electron chi connectivity index (χ0n) is 6.55. The summed E-state index contributed by atoms with van der Waals surface area (Å²) in [5.41, 5.74) is 2.30. The Kier molecular flexibility index (Phi) is 1.40. The van der Waals surface area contributed by atoms with Gasteiger partial charge in [0, 0.05) is 6.20 Å². The Bertz CT molecular complexity index is 385. The molecule has 0 amide bonds. The summed E-state index contributed by atoms with van der Waals surface area (Å²) in [4.78, 5) is 16.9. The predicted octanol–water partition coefficient (Wildman–Crippen LogP) is 1.28. The van der Waals surface area contributed by atoms with Crippen LogP contribution in [0.25, 0.3) is 11.0 Å². The predicted molar refractivity (Wildman–Crippen MR) is 44.0 cm³/mol. The number of hydrogen-bond donors (Lipinski definition) is 2. The van der Waals surface area contributed by atoms with Crippen LogP contribution in [0.4, 0.5) is 0 Å². The first-order valence-electron chi connectivity index (χ1n) is 3.55. The largest absolute Gasteiger partial charge is 0.464 e. The number of esters is 1. The van der Waals surface area contributed by atoms with Gasteiger partial charge in [-0.15, -0.1) is 0 Å². The Hall–Kier alpha value is -1.71. The number of fused-ring (bicyclic) bond motifs is 1. The first-order chi connectivity index (χ1) is 5.81. The van der Waals surface area contributed by atoms with Crippen molar-refractivity contribution in [1.82, 2.24) is 9.97 Å². The number of aromatic amines is 2. The second-order valence-corrected chi connectivity index (χ2v) is 2.48. The molecule has 2 heterocycles. The Morgan fingerprint density at radius 3 is 3.00 bits per heavy atom. The Morgan fingerprint density at radius 1 is 1.50 bits per heavy atom. The molecular weight excluding hydrogens is 156 g/mol. The van der Waals surface area contributed by atoms with E-state index in [0.717, 1.165) is 11.0 Å². The minimum atomic E-state index is -0.348. The third-order valence-corrected chi connectivity index (χ3v) is 1.74. The Labute approximate surface area is 68.5 Å². The molecule has 2 aromatic rings. The topological polar surface area (TPSA) is 57.9 Å². The first-order valence-corrected chi connectivity index (χ1v) is 3.55. The van der Waals surface area contributed by atoms with Gasteiger partial charge in [-0.05, 0) is 12.1 Å². The van der Waals surface area contributed by atoms with Crippen molar-refractivity contribution in [2.45, 2.75) is 0 Å². The van der Waals surface area contributed by atoms with E-state index in [2.05, 4.69) is 14.7 Å². The molecule has 0 fully saturated rings. The standard InChI is InChI=1S/C8H8N2O2/c1-12-8(11)7-4-6-5(10-7)2-3-9-6/h2-4,9-10H,1H3. The van der Waals surface area contributed by atoms with Crippen LogP contribution in [-0.4, -0.2) is 23.0 Å². The summed E-state index contributed by atoms with van der Waals surface area (Å²) in [6.07, 6.45) is 1.81. The van der Waals surface area contributed by atoms with E-state index < -0.39 is 0 Å². The van der Waals surface area contributed by atoms with Crippen molar-refractivity contribution < 1.29 is 9.53 Å². The van der Waals surface area contributed by atoms with Crippen LogP contribution in [0.3, 0.4) is 0 Å². The maximum atomic E-state index is 11.0. The van der Waals surface area contributed by atoms with E-state index in [0.29, 0.717) is 5.69 Å². The fourth-order valence-corrected chi connectivity index (χ4v) is 1.16.